The number of ether oxygens (including phenoxy) is 1. The van der Waals surface area contributed by atoms with Gasteiger partial charge in [-0.05, 0) is 43.2 Å². The summed E-state index contributed by atoms with van der Waals surface area (Å²) in [6.07, 6.45) is 4.72. The van der Waals surface area contributed by atoms with Crippen molar-refractivity contribution in [2.45, 2.75) is 37.5 Å². The van der Waals surface area contributed by atoms with Crippen molar-refractivity contribution >= 4 is 28.3 Å². The van der Waals surface area contributed by atoms with E-state index in [0.29, 0.717) is 58.0 Å². The quantitative estimate of drug-likeness (QED) is 0.336. The Bertz CT molecular complexity index is 1800. The van der Waals surface area contributed by atoms with Crippen molar-refractivity contribution in [1.82, 2.24) is 29.2 Å². The topological polar surface area (TPSA) is 112 Å². The van der Waals surface area contributed by atoms with E-state index in [1.807, 2.05) is 9.30 Å². The average molecular weight is 546 g/mol. The summed E-state index contributed by atoms with van der Waals surface area (Å²) in [4.78, 5) is 32.9. The molecule has 4 aromatic heterocycles. The van der Waals surface area contributed by atoms with Gasteiger partial charge in [-0.2, -0.15) is 13.2 Å². The number of hydrogen-bond acceptors (Lipinski definition) is 7. The van der Waals surface area contributed by atoms with Gasteiger partial charge in [-0.15, -0.1) is 0 Å². The molecule has 2 N–H and O–H groups in total. The van der Waals surface area contributed by atoms with Crippen LogP contribution < -0.4 is 10.5 Å². The minimum atomic E-state index is -4.51. The molecule has 1 atom stereocenters. The third-order valence-electron chi connectivity index (χ3n) is 7.38. The normalized spacial score (nSPS) is 17.0. The number of hydrogen-bond donors (Lipinski definition) is 1. The smallest absolute Gasteiger partial charge is 0.417 e. The van der Waals surface area contributed by atoms with Crippen molar-refractivity contribution < 1.29 is 22.7 Å². The number of fused-ring (bicyclic) bond motifs is 4. The number of nitrogens with two attached hydrogens (primary N) is 1. The van der Waals surface area contributed by atoms with Crippen LogP contribution in [0.1, 0.15) is 46.9 Å². The maximum absolute atomic E-state index is 14.0. The predicted molar refractivity (Wildman–Crippen MR) is 139 cm³/mol. The molecule has 0 bridgehead atoms. The second-order valence-electron chi connectivity index (χ2n) is 10.0. The number of imidazole rings is 1. The molecular formula is C28H22F3N7O2. The molecule has 12 heteroatoms. The van der Waals surface area contributed by atoms with Crippen molar-refractivity contribution in [3.05, 3.63) is 78.3 Å². The zero-order valence-electron chi connectivity index (χ0n) is 21.0. The molecule has 2 aliphatic rings. The number of aromatic nitrogens is 5. The van der Waals surface area contributed by atoms with Crippen LogP contribution in [-0.2, 0) is 6.18 Å². The highest BCUT2D eigenvalue weighted by Gasteiger charge is 2.41. The van der Waals surface area contributed by atoms with Crippen molar-refractivity contribution in [2.24, 2.45) is 0 Å². The molecule has 0 spiro atoms. The number of alkyl halides is 3. The van der Waals surface area contributed by atoms with E-state index in [0.717, 1.165) is 25.1 Å². The third kappa shape index (κ3) is 4.07. The van der Waals surface area contributed by atoms with E-state index in [4.69, 9.17) is 10.5 Å². The Morgan fingerprint density at radius 1 is 1.00 bits per heavy atom. The zero-order chi connectivity index (χ0) is 27.6. The lowest BCUT2D eigenvalue weighted by Gasteiger charge is -2.35. The molecule has 1 amide bonds. The number of nitrogens with zero attached hydrogens (tertiary/aromatic N) is 6. The molecule has 1 aliphatic carbocycles. The number of anilines is 1. The molecule has 9 nitrogen and oxygen atoms in total. The van der Waals surface area contributed by atoms with E-state index < -0.39 is 11.7 Å². The fourth-order valence-electron chi connectivity index (χ4n) is 5.29. The van der Waals surface area contributed by atoms with Crippen LogP contribution in [-0.4, -0.2) is 47.8 Å². The first kappa shape index (κ1) is 24.3. The Labute approximate surface area is 225 Å². The van der Waals surface area contributed by atoms with Crippen molar-refractivity contribution in [3.8, 4) is 16.9 Å². The number of carbonyl (C=O) groups excluding carboxylic acids is 1. The average Bonchev–Trinajstić information content (AvgIpc) is 3.65. The van der Waals surface area contributed by atoms with E-state index in [-0.39, 0.29) is 23.6 Å². The van der Waals surface area contributed by atoms with Crippen LogP contribution >= 0.6 is 0 Å². The summed E-state index contributed by atoms with van der Waals surface area (Å²) in [5.41, 5.74) is 9.06. The van der Waals surface area contributed by atoms with Gasteiger partial charge in [-0.25, -0.2) is 9.97 Å². The van der Waals surface area contributed by atoms with Crippen LogP contribution in [0.5, 0.6) is 5.75 Å². The van der Waals surface area contributed by atoms with E-state index in [1.54, 1.807) is 36.8 Å². The number of nitrogen functional groups attached to an aromatic ring is 1. The monoisotopic (exact) mass is 545 g/mol. The van der Waals surface area contributed by atoms with E-state index in [1.165, 1.54) is 12.4 Å². The molecule has 5 aromatic rings. The zero-order valence-corrected chi connectivity index (χ0v) is 21.0. The van der Waals surface area contributed by atoms with Gasteiger partial charge in [0.05, 0.1) is 41.8 Å². The minimum Gasteiger partial charge on any atom is -0.491 e. The van der Waals surface area contributed by atoms with Gasteiger partial charge >= 0.3 is 6.18 Å². The summed E-state index contributed by atoms with van der Waals surface area (Å²) < 4.78 is 47.4. The van der Waals surface area contributed by atoms with Gasteiger partial charge in [0.25, 0.3) is 5.91 Å². The van der Waals surface area contributed by atoms with Crippen LogP contribution in [0.3, 0.4) is 0 Å². The molecule has 1 aromatic carbocycles. The summed E-state index contributed by atoms with van der Waals surface area (Å²) in [7, 11) is 0. The molecule has 0 radical (unpaired) electrons. The first-order valence-electron chi connectivity index (χ1n) is 12.8. The predicted octanol–water partition coefficient (Wildman–Crippen LogP) is 5.07. The van der Waals surface area contributed by atoms with Gasteiger partial charge in [0.2, 0.25) is 0 Å². The molecule has 5 heterocycles. The fraction of sp³-hybridized carbons (Fsp3) is 0.250. The summed E-state index contributed by atoms with van der Waals surface area (Å²) >= 11 is 0. The highest BCUT2D eigenvalue weighted by Crippen LogP contribution is 2.43. The number of carbonyl (C=O) groups is 1. The Morgan fingerprint density at radius 3 is 2.62 bits per heavy atom. The number of pyridine rings is 2. The van der Waals surface area contributed by atoms with Crippen LogP contribution in [0, 0.1) is 0 Å². The summed E-state index contributed by atoms with van der Waals surface area (Å²) in [5, 5.41) is 0. The van der Waals surface area contributed by atoms with E-state index >= 15 is 0 Å². The molecule has 1 fully saturated rings. The molecule has 7 rings (SSSR count). The lowest BCUT2D eigenvalue weighted by molar-refractivity contribution is -0.137. The second kappa shape index (κ2) is 8.90. The minimum absolute atomic E-state index is 0.0612. The number of amides is 1. The van der Waals surface area contributed by atoms with Gasteiger partial charge < -0.3 is 15.4 Å². The SMILES string of the molecule is Nc1nc2ccc(C(=O)N(C3CC3)C3CCOc4cc(-c5cncc(C(F)(F)F)c5)cnc43)cc2n2cncc12. The van der Waals surface area contributed by atoms with Crippen molar-refractivity contribution in [3.63, 3.8) is 0 Å². The Morgan fingerprint density at radius 2 is 1.82 bits per heavy atom. The summed E-state index contributed by atoms with van der Waals surface area (Å²) in [6.45, 7) is 0.344. The molecule has 0 saturated heterocycles. The third-order valence-corrected chi connectivity index (χ3v) is 7.38. The molecular weight excluding hydrogens is 523 g/mol. The van der Waals surface area contributed by atoms with Crippen LogP contribution in [0.4, 0.5) is 19.0 Å². The molecule has 202 valence electrons. The van der Waals surface area contributed by atoms with Crippen molar-refractivity contribution in [2.75, 3.05) is 12.3 Å². The highest BCUT2D eigenvalue weighted by atomic mass is 19.4. The fourth-order valence-corrected chi connectivity index (χ4v) is 5.29. The lowest BCUT2D eigenvalue weighted by atomic mass is 10.00. The number of benzene rings is 1. The van der Waals surface area contributed by atoms with Gasteiger partial charge in [0.15, 0.2) is 0 Å². The highest BCUT2D eigenvalue weighted by molar-refractivity contribution is 5.98. The number of rotatable bonds is 4. The Hall–Kier alpha value is -4.74. The van der Waals surface area contributed by atoms with Gasteiger partial charge in [-0.3, -0.25) is 19.2 Å². The molecule has 1 saturated carbocycles. The molecule has 1 unspecified atom stereocenters. The second-order valence-corrected chi connectivity index (χ2v) is 10.0. The molecule has 1 aliphatic heterocycles. The molecule has 40 heavy (non-hydrogen) atoms. The van der Waals surface area contributed by atoms with Crippen molar-refractivity contribution in [1.29, 1.82) is 0 Å². The van der Waals surface area contributed by atoms with E-state index in [2.05, 4.69) is 19.9 Å². The standard InChI is InChI=1S/C28H22F3N7O2/c29-28(30,31)18-7-16(10-33-12-18)17-9-24-25(35-11-17)21(5-6-40-24)38(19-2-3-19)27(39)15-1-4-20-22(8-15)37-14-34-13-23(37)26(32)36-20/h1,4,7-14,19,21H,2-3,5-6H2,(H2,32,36). The summed E-state index contributed by atoms with van der Waals surface area (Å²) in [6, 6.07) is 7.74. The first-order valence-corrected chi connectivity index (χ1v) is 12.8. The Kier molecular flexibility index (Phi) is 5.41. The first-order chi connectivity index (χ1) is 19.3. The Balaban J connectivity index is 1.25. The van der Waals surface area contributed by atoms with Gasteiger partial charge in [-0.1, -0.05) is 0 Å². The van der Waals surface area contributed by atoms with Crippen LogP contribution in [0.25, 0.3) is 27.7 Å². The van der Waals surface area contributed by atoms with Gasteiger partial charge in [0.1, 0.15) is 22.8 Å². The maximum atomic E-state index is 14.0. The summed E-state index contributed by atoms with van der Waals surface area (Å²) in [5.74, 6) is 0.664. The number of halogens is 3. The van der Waals surface area contributed by atoms with Gasteiger partial charge in [0, 0.05) is 47.7 Å². The van der Waals surface area contributed by atoms with Crippen LogP contribution in [0.2, 0.25) is 0 Å². The van der Waals surface area contributed by atoms with E-state index in [9.17, 15) is 18.0 Å². The maximum Gasteiger partial charge on any atom is 0.417 e. The lowest BCUT2D eigenvalue weighted by Crippen LogP contribution is -2.39. The van der Waals surface area contributed by atoms with Crippen LogP contribution in [0.15, 0.2) is 61.4 Å². The largest absolute Gasteiger partial charge is 0.491 e.